The first-order chi connectivity index (χ1) is 13.2. The van der Waals surface area contributed by atoms with Crippen LogP contribution in [0.3, 0.4) is 0 Å². The highest BCUT2D eigenvalue weighted by Gasteiger charge is 2.16. The van der Waals surface area contributed by atoms with Gasteiger partial charge in [0.05, 0.1) is 19.0 Å². The molecule has 6 nitrogen and oxygen atoms in total. The summed E-state index contributed by atoms with van der Waals surface area (Å²) in [5.41, 5.74) is 2.61. The standard InChI is InChI=1S/C21H28N4O2/c1-3-24-12-14-25(15-13-24)18-8-9-19(23-16-18)21(26)22-11-10-17-6-4-5-7-20(17)27-2/h4-9,16H,3,10-15H2,1-2H3,(H,22,26). The second kappa shape index (κ2) is 9.37. The maximum Gasteiger partial charge on any atom is 0.269 e. The molecule has 1 saturated heterocycles. The van der Waals surface area contributed by atoms with Gasteiger partial charge < -0.3 is 19.9 Å². The van der Waals surface area contributed by atoms with Gasteiger partial charge in [0.1, 0.15) is 11.4 Å². The first-order valence-corrected chi connectivity index (χ1v) is 9.54. The molecule has 0 bridgehead atoms. The van der Waals surface area contributed by atoms with E-state index in [1.165, 1.54) is 0 Å². The monoisotopic (exact) mass is 368 g/mol. The lowest BCUT2D eigenvalue weighted by molar-refractivity contribution is 0.0949. The van der Waals surface area contributed by atoms with E-state index in [2.05, 4.69) is 27.0 Å². The van der Waals surface area contributed by atoms with Gasteiger partial charge in [-0.25, -0.2) is 4.98 Å². The fourth-order valence-corrected chi connectivity index (χ4v) is 3.34. The van der Waals surface area contributed by atoms with E-state index >= 15 is 0 Å². The molecule has 1 fully saturated rings. The Hall–Kier alpha value is -2.60. The second-order valence-electron chi connectivity index (χ2n) is 6.64. The number of para-hydroxylation sites is 1. The average molecular weight is 368 g/mol. The van der Waals surface area contributed by atoms with Crippen LogP contribution in [-0.2, 0) is 6.42 Å². The summed E-state index contributed by atoms with van der Waals surface area (Å²) >= 11 is 0. The van der Waals surface area contributed by atoms with Crippen LogP contribution < -0.4 is 15.0 Å². The van der Waals surface area contributed by atoms with Gasteiger partial charge in [0.2, 0.25) is 0 Å². The Morgan fingerprint density at radius 3 is 2.59 bits per heavy atom. The van der Waals surface area contributed by atoms with E-state index in [1.54, 1.807) is 19.4 Å². The Bertz CT molecular complexity index is 740. The highest BCUT2D eigenvalue weighted by atomic mass is 16.5. The molecule has 2 heterocycles. The molecule has 1 N–H and O–H groups in total. The number of rotatable bonds is 7. The van der Waals surface area contributed by atoms with Gasteiger partial charge in [-0.3, -0.25) is 4.79 Å². The Morgan fingerprint density at radius 1 is 1.15 bits per heavy atom. The number of ether oxygens (including phenoxy) is 1. The molecule has 27 heavy (non-hydrogen) atoms. The van der Waals surface area contributed by atoms with Crippen molar-refractivity contribution in [1.82, 2.24) is 15.2 Å². The van der Waals surface area contributed by atoms with E-state index in [9.17, 15) is 4.79 Å². The maximum absolute atomic E-state index is 12.3. The fourth-order valence-electron chi connectivity index (χ4n) is 3.34. The van der Waals surface area contributed by atoms with Crippen LogP contribution in [0, 0.1) is 0 Å². The van der Waals surface area contributed by atoms with Crippen molar-refractivity contribution in [3.8, 4) is 5.75 Å². The summed E-state index contributed by atoms with van der Waals surface area (Å²) < 4.78 is 5.34. The Balaban J connectivity index is 1.50. The third-order valence-electron chi connectivity index (χ3n) is 5.04. The molecule has 0 radical (unpaired) electrons. The number of methoxy groups -OCH3 is 1. The van der Waals surface area contributed by atoms with E-state index in [0.717, 1.165) is 56.1 Å². The molecule has 0 spiro atoms. The van der Waals surface area contributed by atoms with E-state index < -0.39 is 0 Å². The number of carbonyl (C=O) groups excluding carboxylic acids is 1. The SMILES string of the molecule is CCN1CCN(c2ccc(C(=O)NCCc3ccccc3OC)nc2)CC1. The molecule has 1 aromatic carbocycles. The molecule has 1 amide bonds. The predicted molar refractivity (Wildman–Crippen MR) is 108 cm³/mol. The van der Waals surface area contributed by atoms with E-state index in [-0.39, 0.29) is 5.91 Å². The average Bonchev–Trinajstić information content (AvgIpc) is 2.74. The van der Waals surface area contributed by atoms with Crippen molar-refractivity contribution in [3.05, 3.63) is 53.9 Å². The number of benzene rings is 1. The fraction of sp³-hybridized carbons (Fsp3) is 0.429. The molecule has 3 rings (SSSR count). The molecule has 1 aromatic heterocycles. The largest absolute Gasteiger partial charge is 0.496 e. The van der Waals surface area contributed by atoms with Crippen molar-refractivity contribution in [2.45, 2.75) is 13.3 Å². The molecule has 2 aromatic rings. The summed E-state index contributed by atoms with van der Waals surface area (Å²) in [5.74, 6) is 0.699. The molecule has 0 aliphatic carbocycles. The smallest absolute Gasteiger partial charge is 0.269 e. The first kappa shape index (κ1) is 19.2. The summed E-state index contributed by atoms with van der Waals surface area (Å²) in [7, 11) is 1.66. The maximum atomic E-state index is 12.3. The highest BCUT2D eigenvalue weighted by Crippen LogP contribution is 2.18. The summed E-state index contributed by atoms with van der Waals surface area (Å²) in [6.45, 7) is 7.98. The molecule has 0 atom stereocenters. The molecule has 6 heteroatoms. The van der Waals surface area contributed by atoms with Gasteiger partial charge in [-0.15, -0.1) is 0 Å². The lowest BCUT2D eigenvalue weighted by Crippen LogP contribution is -2.46. The van der Waals surface area contributed by atoms with Gasteiger partial charge in [0, 0.05) is 32.7 Å². The summed E-state index contributed by atoms with van der Waals surface area (Å²) in [6, 6.07) is 11.6. The predicted octanol–water partition coefficient (Wildman–Crippen LogP) is 2.20. The number of carbonyl (C=O) groups is 1. The normalized spacial score (nSPS) is 14.8. The van der Waals surface area contributed by atoms with Crippen molar-refractivity contribution < 1.29 is 9.53 Å². The van der Waals surface area contributed by atoms with Crippen LogP contribution in [0.2, 0.25) is 0 Å². The number of anilines is 1. The van der Waals surface area contributed by atoms with Crippen molar-refractivity contribution >= 4 is 11.6 Å². The lowest BCUT2D eigenvalue weighted by atomic mass is 10.1. The zero-order valence-corrected chi connectivity index (χ0v) is 16.1. The van der Waals surface area contributed by atoms with Crippen molar-refractivity contribution in [3.63, 3.8) is 0 Å². The number of hydrogen-bond acceptors (Lipinski definition) is 5. The number of piperazine rings is 1. The summed E-state index contributed by atoms with van der Waals surface area (Å²) in [5, 5.41) is 2.93. The zero-order valence-electron chi connectivity index (χ0n) is 16.1. The highest BCUT2D eigenvalue weighted by molar-refractivity contribution is 5.92. The molecular formula is C21H28N4O2. The number of pyridine rings is 1. The van der Waals surface area contributed by atoms with Crippen molar-refractivity contribution in [1.29, 1.82) is 0 Å². The zero-order chi connectivity index (χ0) is 19.1. The Morgan fingerprint density at radius 2 is 1.93 bits per heavy atom. The van der Waals surface area contributed by atoms with Gasteiger partial charge in [-0.05, 0) is 36.7 Å². The topological polar surface area (TPSA) is 57.7 Å². The number of hydrogen-bond donors (Lipinski definition) is 1. The molecule has 1 aliphatic heterocycles. The summed E-state index contributed by atoms with van der Waals surface area (Å²) in [4.78, 5) is 21.5. The third-order valence-corrected chi connectivity index (χ3v) is 5.04. The number of amides is 1. The number of nitrogens with zero attached hydrogens (tertiary/aromatic N) is 3. The Labute approximate surface area is 161 Å². The third kappa shape index (κ3) is 4.98. The number of aromatic nitrogens is 1. The van der Waals surface area contributed by atoms with Crippen LogP contribution in [-0.4, -0.2) is 62.2 Å². The quantitative estimate of drug-likeness (QED) is 0.812. The first-order valence-electron chi connectivity index (χ1n) is 9.54. The molecule has 144 valence electrons. The minimum Gasteiger partial charge on any atom is -0.496 e. The molecule has 0 saturated carbocycles. The number of likely N-dealkylation sites (N-methyl/N-ethyl adjacent to an activating group) is 1. The van der Waals surface area contributed by atoms with Gasteiger partial charge in [0.25, 0.3) is 5.91 Å². The molecule has 0 unspecified atom stereocenters. The van der Waals surface area contributed by atoms with Gasteiger partial charge >= 0.3 is 0 Å². The Kier molecular flexibility index (Phi) is 6.65. The molecular weight excluding hydrogens is 340 g/mol. The van der Waals surface area contributed by atoms with Crippen LogP contribution in [0.1, 0.15) is 23.0 Å². The van der Waals surface area contributed by atoms with Crippen molar-refractivity contribution in [2.75, 3.05) is 51.3 Å². The van der Waals surface area contributed by atoms with Crippen LogP contribution in [0.15, 0.2) is 42.6 Å². The minimum absolute atomic E-state index is 0.146. The van der Waals surface area contributed by atoms with E-state index in [4.69, 9.17) is 4.74 Å². The second-order valence-corrected chi connectivity index (χ2v) is 6.64. The van der Waals surface area contributed by atoms with Crippen LogP contribution in [0.4, 0.5) is 5.69 Å². The summed E-state index contributed by atoms with van der Waals surface area (Å²) in [6.07, 6.45) is 2.52. The van der Waals surface area contributed by atoms with E-state index in [1.807, 2.05) is 30.3 Å². The van der Waals surface area contributed by atoms with Crippen LogP contribution >= 0.6 is 0 Å². The van der Waals surface area contributed by atoms with Gasteiger partial charge in [-0.2, -0.15) is 0 Å². The van der Waals surface area contributed by atoms with Gasteiger partial charge in [-0.1, -0.05) is 25.1 Å². The lowest BCUT2D eigenvalue weighted by Gasteiger charge is -2.35. The van der Waals surface area contributed by atoms with Gasteiger partial charge in [0.15, 0.2) is 0 Å². The van der Waals surface area contributed by atoms with Crippen molar-refractivity contribution in [2.24, 2.45) is 0 Å². The number of nitrogens with one attached hydrogen (secondary N) is 1. The van der Waals surface area contributed by atoms with Crippen LogP contribution in [0.25, 0.3) is 0 Å². The van der Waals surface area contributed by atoms with E-state index in [0.29, 0.717) is 12.2 Å². The minimum atomic E-state index is -0.146. The van der Waals surface area contributed by atoms with Crippen LogP contribution in [0.5, 0.6) is 5.75 Å². The molecule has 1 aliphatic rings.